The van der Waals surface area contributed by atoms with Crippen molar-refractivity contribution in [3.05, 3.63) is 47.5 Å². The van der Waals surface area contributed by atoms with Gasteiger partial charge in [-0.05, 0) is 32.4 Å². The maximum Gasteiger partial charge on any atom is 0.416 e. The first kappa shape index (κ1) is 21.6. The van der Waals surface area contributed by atoms with E-state index in [4.69, 9.17) is 9.26 Å². The molecule has 1 fully saturated rings. The van der Waals surface area contributed by atoms with E-state index in [9.17, 15) is 18.7 Å². The van der Waals surface area contributed by atoms with Crippen molar-refractivity contribution in [2.45, 2.75) is 39.0 Å². The molecule has 3 heterocycles. The molecule has 1 amide bonds. The third-order valence-corrected chi connectivity index (χ3v) is 5.00. The van der Waals surface area contributed by atoms with Crippen molar-refractivity contribution < 1.29 is 27.9 Å². The molecule has 1 aliphatic rings. The Morgan fingerprint density at radius 3 is 2.75 bits per heavy atom. The number of ether oxygens (including phenoxy) is 1. The maximum absolute atomic E-state index is 14.4. The van der Waals surface area contributed by atoms with E-state index in [0.29, 0.717) is 11.1 Å². The summed E-state index contributed by atoms with van der Waals surface area (Å²) in [6.07, 6.45) is -0.884. The molecule has 3 aromatic rings. The van der Waals surface area contributed by atoms with Crippen LogP contribution in [-0.2, 0) is 4.74 Å². The highest BCUT2D eigenvalue weighted by molar-refractivity contribution is 5.89. The highest BCUT2D eigenvalue weighted by atomic mass is 19.1. The molecule has 10 nitrogen and oxygen atoms in total. The van der Waals surface area contributed by atoms with Crippen molar-refractivity contribution in [3.8, 4) is 11.4 Å². The van der Waals surface area contributed by atoms with E-state index >= 15 is 0 Å². The summed E-state index contributed by atoms with van der Waals surface area (Å²) in [5.74, 6) is -1.22. The van der Waals surface area contributed by atoms with Crippen LogP contribution in [0.2, 0.25) is 0 Å². The van der Waals surface area contributed by atoms with Gasteiger partial charge in [-0.1, -0.05) is 17.3 Å². The van der Waals surface area contributed by atoms with Crippen LogP contribution in [0.25, 0.3) is 11.4 Å². The second-order valence-corrected chi connectivity index (χ2v) is 7.41. The number of aryl methyl sites for hydroxylation is 1. The molecule has 1 saturated heterocycles. The number of aromatic nitrogens is 4. The molecule has 0 spiro atoms. The van der Waals surface area contributed by atoms with E-state index in [1.165, 1.54) is 13.0 Å². The second-order valence-electron chi connectivity index (χ2n) is 7.41. The number of hydrogen-bond donors (Lipinski definition) is 2. The van der Waals surface area contributed by atoms with E-state index in [-0.39, 0.29) is 35.9 Å². The molecule has 32 heavy (non-hydrogen) atoms. The molecule has 2 N–H and O–H groups in total. The maximum atomic E-state index is 14.4. The third-order valence-electron chi connectivity index (χ3n) is 5.00. The number of nitrogens with one attached hydrogen (secondary N) is 1. The lowest BCUT2D eigenvalue weighted by Gasteiger charge is -2.23. The lowest BCUT2D eigenvalue weighted by Crippen LogP contribution is -2.42. The van der Waals surface area contributed by atoms with Crippen molar-refractivity contribution in [1.82, 2.24) is 20.1 Å². The average Bonchev–Trinajstić information content (AvgIpc) is 3.39. The zero-order chi connectivity index (χ0) is 23.0. The average molecular weight is 446 g/mol. The number of anilines is 2. The van der Waals surface area contributed by atoms with Gasteiger partial charge in [0.2, 0.25) is 17.7 Å². The Balaban J connectivity index is 1.55. The van der Waals surface area contributed by atoms with Gasteiger partial charge < -0.3 is 19.7 Å². The standard InChI is InChI=1S/C20H20F2N6O4/c1-9-4-5-12(6-13(9)21)16-25-18(32-27-16)10(2)24-19-23-7-14(22)17(26-19)28-15(11(3)29)8-31-20(28)30/h4-7,10-11,15,29H,8H2,1-3H3,(H,23,24,26)/t10-,11-,15-/m1/s1. The van der Waals surface area contributed by atoms with Gasteiger partial charge in [-0.25, -0.2) is 23.5 Å². The van der Waals surface area contributed by atoms with Gasteiger partial charge in [0.1, 0.15) is 24.5 Å². The smallest absolute Gasteiger partial charge is 0.416 e. The van der Waals surface area contributed by atoms with Crippen LogP contribution < -0.4 is 10.2 Å². The number of nitrogens with zero attached hydrogens (tertiary/aromatic N) is 5. The van der Waals surface area contributed by atoms with Crippen LogP contribution in [0.5, 0.6) is 0 Å². The molecular formula is C20H20F2N6O4. The highest BCUT2D eigenvalue weighted by Gasteiger charge is 2.39. The summed E-state index contributed by atoms with van der Waals surface area (Å²) in [7, 11) is 0. The Morgan fingerprint density at radius 1 is 1.25 bits per heavy atom. The Hall–Kier alpha value is -3.67. The number of rotatable bonds is 6. The summed E-state index contributed by atoms with van der Waals surface area (Å²) >= 11 is 0. The first-order valence-electron chi connectivity index (χ1n) is 9.78. The van der Waals surface area contributed by atoms with E-state index in [2.05, 4.69) is 25.4 Å². The summed E-state index contributed by atoms with van der Waals surface area (Å²) in [5.41, 5.74) is 0.948. The minimum atomic E-state index is -0.963. The summed E-state index contributed by atoms with van der Waals surface area (Å²) in [4.78, 5) is 25.2. The number of aliphatic hydroxyl groups excluding tert-OH is 1. The Labute approximate surface area is 181 Å². The quantitative estimate of drug-likeness (QED) is 0.587. The summed E-state index contributed by atoms with van der Waals surface area (Å²) in [5, 5.41) is 16.6. The van der Waals surface area contributed by atoms with Crippen LogP contribution in [0, 0.1) is 18.6 Å². The summed E-state index contributed by atoms with van der Waals surface area (Å²) < 4.78 is 38.4. The van der Waals surface area contributed by atoms with Crippen molar-refractivity contribution >= 4 is 17.9 Å². The number of benzene rings is 1. The minimum Gasteiger partial charge on any atom is -0.447 e. The van der Waals surface area contributed by atoms with Crippen LogP contribution in [0.15, 0.2) is 28.9 Å². The zero-order valence-electron chi connectivity index (χ0n) is 17.4. The van der Waals surface area contributed by atoms with Gasteiger partial charge in [-0.2, -0.15) is 9.97 Å². The first-order chi connectivity index (χ1) is 15.2. The van der Waals surface area contributed by atoms with Crippen LogP contribution >= 0.6 is 0 Å². The second kappa shape index (κ2) is 8.46. The zero-order valence-corrected chi connectivity index (χ0v) is 17.4. The summed E-state index contributed by atoms with van der Waals surface area (Å²) in [6, 6.07) is 3.22. The van der Waals surface area contributed by atoms with Crippen molar-refractivity contribution in [2.24, 2.45) is 0 Å². The fourth-order valence-electron chi connectivity index (χ4n) is 3.15. The van der Waals surface area contributed by atoms with E-state index < -0.39 is 30.1 Å². The van der Waals surface area contributed by atoms with Gasteiger partial charge in [-0.3, -0.25) is 0 Å². The number of halogens is 2. The van der Waals surface area contributed by atoms with Gasteiger partial charge in [0.25, 0.3) is 0 Å². The topological polar surface area (TPSA) is 127 Å². The highest BCUT2D eigenvalue weighted by Crippen LogP contribution is 2.27. The van der Waals surface area contributed by atoms with Crippen LogP contribution in [0.1, 0.15) is 31.3 Å². The van der Waals surface area contributed by atoms with Gasteiger partial charge in [0, 0.05) is 5.56 Å². The Bertz CT molecular complexity index is 1150. The largest absolute Gasteiger partial charge is 0.447 e. The number of carbonyl (C=O) groups is 1. The lowest BCUT2D eigenvalue weighted by atomic mass is 10.1. The molecule has 4 rings (SSSR count). The van der Waals surface area contributed by atoms with Crippen LogP contribution in [-0.4, -0.2) is 50.1 Å². The SMILES string of the molecule is Cc1ccc(-c2noc([C@@H](C)Nc3ncc(F)c(N4C(=O)OC[C@@H]4[C@@H](C)O)n3)n2)cc1F. The molecule has 0 bridgehead atoms. The van der Waals surface area contributed by atoms with Crippen LogP contribution in [0.4, 0.5) is 25.3 Å². The van der Waals surface area contributed by atoms with Gasteiger partial charge in [0.05, 0.1) is 12.3 Å². The molecule has 1 aromatic carbocycles. The first-order valence-corrected chi connectivity index (χ1v) is 9.78. The Kier molecular flexibility index (Phi) is 5.70. The van der Waals surface area contributed by atoms with E-state index in [1.807, 2.05) is 0 Å². The lowest BCUT2D eigenvalue weighted by molar-refractivity contribution is 0.142. The van der Waals surface area contributed by atoms with Gasteiger partial charge >= 0.3 is 6.09 Å². The number of amides is 1. The predicted octanol–water partition coefficient (Wildman–Crippen LogP) is 2.99. The van der Waals surface area contributed by atoms with E-state index in [1.54, 1.807) is 26.0 Å². The fourth-order valence-corrected chi connectivity index (χ4v) is 3.15. The molecule has 168 valence electrons. The van der Waals surface area contributed by atoms with Crippen molar-refractivity contribution in [1.29, 1.82) is 0 Å². The number of carbonyl (C=O) groups excluding carboxylic acids is 1. The predicted molar refractivity (Wildman–Crippen MR) is 108 cm³/mol. The molecular weight excluding hydrogens is 426 g/mol. The minimum absolute atomic E-state index is 0.0147. The number of hydrogen-bond acceptors (Lipinski definition) is 9. The number of cyclic esters (lactones) is 1. The molecule has 2 aromatic heterocycles. The molecule has 0 saturated carbocycles. The Morgan fingerprint density at radius 2 is 2.03 bits per heavy atom. The molecule has 3 atom stereocenters. The summed E-state index contributed by atoms with van der Waals surface area (Å²) in [6.45, 7) is 4.70. The van der Waals surface area contributed by atoms with Crippen molar-refractivity contribution in [3.63, 3.8) is 0 Å². The van der Waals surface area contributed by atoms with Gasteiger partial charge in [-0.15, -0.1) is 0 Å². The van der Waals surface area contributed by atoms with E-state index in [0.717, 1.165) is 11.1 Å². The molecule has 0 aliphatic carbocycles. The number of aliphatic hydroxyl groups is 1. The van der Waals surface area contributed by atoms with Crippen molar-refractivity contribution in [2.75, 3.05) is 16.8 Å². The third kappa shape index (κ3) is 4.08. The molecule has 0 radical (unpaired) electrons. The van der Waals surface area contributed by atoms with Crippen LogP contribution in [0.3, 0.4) is 0 Å². The normalized spacial score (nSPS) is 17.9. The molecule has 12 heteroatoms. The monoisotopic (exact) mass is 446 g/mol. The fraction of sp³-hybridized carbons (Fsp3) is 0.350. The van der Waals surface area contributed by atoms with Gasteiger partial charge in [0.15, 0.2) is 11.6 Å². The molecule has 0 unspecified atom stereocenters. The molecule has 1 aliphatic heterocycles.